The molecule has 36 heavy (non-hydrogen) atoms. The lowest BCUT2D eigenvalue weighted by Crippen LogP contribution is -2.63. The number of carbonyl (C=O) groups is 4. The molecule has 0 bridgehead atoms. The van der Waals surface area contributed by atoms with Gasteiger partial charge in [0.15, 0.2) is 0 Å². The first kappa shape index (κ1) is 25.9. The molecule has 1 unspecified atom stereocenters. The van der Waals surface area contributed by atoms with Gasteiger partial charge in [-0.25, -0.2) is 4.79 Å². The van der Waals surface area contributed by atoms with E-state index in [0.717, 1.165) is 12.8 Å². The Hall–Kier alpha value is -3.14. The molecule has 4 rings (SSSR count). The Bertz CT molecular complexity index is 972. The van der Waals surface area contributed by atoms with E-state index < -0.39 is 18.1 Å². The number of hydrogen-bond donors (Lipinski definition) is 4. The number of fused-ring (bicyclic) bond motifs is 1. The summed E-state index contributed by atoms with van der Waals surface area (Å²) in [7, 11) is 3.21. The minimum absolute atomic E-state index is 0.0525. The lowest BCUT2D eigenvalue weighted by molar-refractivity contribution is -0.145. The van der Waals surface area contributed by atoms with Crippen LogP contribution in [0.2, 0.25) is 0 Å². The molecule has 5 amide bonds. The summed E-state index contributed by atoms with van der Waals surface area (Å²) in [6.07, 6.45) is 3.78. The maximum Gasteiger partial charge on any atom is 0.317 e. The number of hydrogen-bond acceptors (Lipinski definition) is 5. The van der Waals surface area contributed by atoms with E-state index in [4.69, 9.17) is 0 Å². The number of carbonyl (C=O) groups excluding carboxylic acids is 4. The SMILES string of the molecule is CNC(=O)N1CC[C@H]2CC[C@@H](C(=O)NC3CC[C@@H]3c3ccccc3)N2C(=O)[C@@H](NC(=O)[C@H](C)NC)C1. The number of rotatable bonds is 6. The molecule has 6 atom stereocenters. The van der Waals surface area contributed by atoms with Crippen LogP contribution >= 0.6 is 0 Å². The molecule has 1 aromatic rings. The normalized spacial score (nSPS) is 28.8. The minimum atomic E-state index is -0.928. The Balaban J connectivity index is 1.50. The van der Waals surface area contributed by atoms with Gasteiger partial charge in [0.1, 0.15) is 12.1 Å². The highest BCUT2D eigenvalue weighted by molar-refractivity contribution is 5.94. The van der Waals surface area contributed by atoms with Gasteiger partial charge < -0.3 is 31.1 Å². The number of amides is 5. The predicted octanol–water partition coefficient (Wildman–Crippen LogP) is 0.546. The van der Waals surface area contributed by atoms with Crippen LogP contribution in [0.15, 0.2) is 30.3 Å². The molecular weight excluding hydrogens is 460 g/mol. The van der Waals surface area contributed by atoms with Crippen molar-refractivity contribution in [1.29, 1.82) is 0 Å². The van der Waals surface area contributed by atoms with Crippen molar-refractivity contribution in [2.75, 3.05) is 27.2 Å². The second-order valence-electron chi connectivity index (χ2n) is 10.1. The smallest absolute Gasteiger partial charge is 0.317 e. The van der Waals surface area contributed by atoms with Crippen LogP contribution in [0.4, 0.5) is 4.79 Å². The van der Waals surface area contributed by atoms with E-state index in [1.807, 2.05) is 18.2 Å². The Morgan fingerprint density at radius 2 is 1.72 bits per heavy atom. The summed E-state index contributed by atoms with van der Waals surface area (Å²) in [5, 5.41) is 11.5. The van der Waals surface area contributed by atoms with E-state index in [1.165, 1.54) is 5.56 Å². The van der Waals surface area contributed by atoms with Gasteiger partial charge >= 0.3 is 6.03 Å². The number of benzene rings is 1. The molecule has 1 aliphatic carbocycles. The van der Waals surface area contributed by atoms with E-state index in [-0.39, 0.29) is 48.3 Å². The first-order valence-electron chi connectivity index (χ1n) is 13.0. The highest BCUT2D eigenvalue weighted by atomic mass is 16.2. The second kappa shape index (κ2) is 11.3. The average molecular weight is 499 g/mol. The van der Waals surface area contributed by atoms with Gasteiger partial charge in [-0.3, -0.25) is 14.4 Å². The maximum atomic E-state index is 13.8. The van der Waals surface area contributed by atoms with Gasteiger partial charge in [-0.15, -0.1) is 0 Å². The molecule has 196 valence electrons. The van der Waals surface area contributed by atoms with Gasteiger partial charge in [0.05, 0.1) is 12.6 Å². The molecule has 1 aromatic carbocycles. The van der Waals surface area contributed by atoms with Crippen molar-refractivity contribution in [3.63, 3.8) is 0 Å². The average Bonchev–Trinajstić information content (AvgIpc) is 3.30. The van der Waals surface area contributed by atoms with Crippen LogP contribution in [0, 0.1) is 0 Å². The van der Waals surface area contributed by atoms with Crippen LogP contribution in [-0.2, 0) is 14.4 Å². The molecule has 4 N–H and O–H groups in total. The lowest BCUT2D eigenvalue weighted by Gasteiger charge is -2.41. The van der Waals surface area contributed by atoms with Crippen molar-refractivity contribution >= 4 is 23.8 Å². The van der Waals surface area contributed by atoms with Gasteiger partial charge in [-0.05, 0) is 51.6 Å². The number of nitrogens with one attached hydrogen (secondary N) is 4. The van der Waals surface area contributed by atoms with E-state index in [2.05, 4.69) is 33.4 Å². The standard InChI is InChI=1S/C26H38N6O4/c1-16(27-2)23(33)30-21-15-31(26(36)28-3)14-13-18-9-12-22(32(18)25(21)35)24(34)29-20-11-10-19(20)17-7-5-4-6-8-17/h4-8,16,18-22,27H,9-15H2,1-3H3,(H,28,36)(H,29,34)(H,30,33)/t16-,18+,19+,20?,21-,22-/m0/s1. The topological polar surface area (TPSA) is 123 Å². The van der Waals surface area contributed by atoms with Gasteiger partial charge in [-0.2, -0.15) is 0 Å². The van der Waals surface area contributed by atoms with Crippen molar-refractivity contribution in [1.82, 2.24) is 31.1 Å². The molecule has 10 nitrogen and oxygen atoms in total. The van der Waals surface area contributed by atoms with Crippen molar-refractivity contribution in [3.05, 3.63) is 35.9 Å². The van der Waals surface area contributed by atoms with Crippen LogP contribution in [0.25, 0.3) is 0 Å². The zero-order chi connectivity index (χ0) is 25.8. The highest BCUT2D eigenvalue weighted by Gasteiger charge is 2.46. The van der Waals surface area contributed by atoms with Gasteiger partial charge in [0.2, 0.25) is 17.7 Å². The summed E-state index contributed by atoms with van der Waals surface area (Å²) >= 11 is 0. The van der Waals surface area contributed by atoms with Gasteiger partial charge in [-0.1, -0.05) is 30.3 Å². The first-order valence-corrected chi connectivity index (χ1v) is 13.0. The lowest BCUT2D eigenvalue weighted by atomic mass is 9.75. The molecule has 0 radical (unpaired) electrons. The van der Waals surface area contributed by atoms with Crippen molar-refractivity contribution < 1.29 is 19.2 Å². The monoisotopic (exact) mass is 498 g/mol. The number of likely N-dealkylation sites (N-methyl/N-ethyl adjacent to an activating group) is 1. The van der Waals surface area contributed by atoms with Gasteiger partial charge in [0, 0.05) is 31.6 Å². The third-order valence-corrected chi connectivity index (χ3v) is 7.97. The number of nitrogens with zero attached hydrogens (tertiary/aromatic N) is 2. The molecular formula is C26H38N6O4. The molecule has 3 aliphatic rings. The van der Waals surface area contributed by atoms with E-state index in [0.29, 0.717) is 25.8 Å². The molecule has 0 aromatic heterocycles. The predicted molar refractivity (Wildman–Crippen MR) is 135 cm³/mol. The van der Waals surface area contributed by atoms with E-state index in [1.54, 1.807) is 30.8 Å². The van der Waals surface area contributed by atoms with Crippen LogP contribution < -0.4 is 21.3 Å². The summed E-state index contributed by atoms with van der Waals surface area (Å²) in [6.45, 7) is 2.20. The molecule has 2 aliphatic heterocycles. The van der Waals surface area contributed by atoms with Crippen molar-refractivity contribution in [2.45, 2.75) is 75.2 Å². The number of urea groups is 1. The maximum absolute atomic E-state index is 13.8. The minimum Gasteiger partial charge on any atom is -0.351 e. The molecule has 3 fully saturated rings. The fourth-order valence-electron chi connectivity index (χ4n) is 5.56. The molecule has 0 spiro atoms. The van der Waals surface area contributed by atoms with Crippen molar-refractivity contribution in [2.24, 2.45) is 0 Å². The quantitative estimate of drug-likeness (QED) is 0.456. The van der Waals surface area contributed by atoms with Crippen molar-refractivity contribution in [3.8, 4) is 0 Å². The van der Waals surface area contributed by atoms with Crippen LogP contribution in [-0.4, -0.2) is 90.9 Å². The second-order valence-corrected chi connectivity index (χ2v) is 10.1. The summed E-state index contributed by atoms with van der Waals surface area (Å²) in [6, 6.07) is 7.79. The summed E-state index contributed by atoms with van der Waals surface area (Å²) < 4.78 is 0. The Morgan fingerprint density at radius 1 is 0.972 bits per heavy atom. The fraction of sp³-hybridized carbons (Fsp3) is 0.615. The largest absolute Gasteiger partial charge is 0.351 e. The fourth-order valence-corrected chi connectivity index (χ4v) is 5.56. The van der Waals surface area contributed by atoms with E-state index >= 15 is 0 Å². The molecule has 2 saturated heterocycles. The van der Waals surface area contributed by atoms with Crippen LogP contribution in [0.1, 0.15) is 50.5 Å². The van der Waals surface area contributed by atoms with Crippen LogP contribution in [0.3, 0.4) is 0 Å². The summed E-state index contributed by atoms with van der Waals surface area (Å²) in [4.78, 5) is 55.6. The molecule has 10 heteroatoms. The molecule has 1 saturated carbocycles. The Morgan fingerprint density at radius 3 is 2.36 bits per heavy atom. The van der Waals surface area contributed by atoms with Gasteiger partial charge in [0.25, 0.3) is 0 Å². The zero-order valence-electron chi connectivity index (χ0n) is 21.3. The zero-order valence-corrected chi connectivity index (χ0v) is 21.3. The van der Waals surface area contributed by atoms with E-state index in [9.17, 15) is 19.2 Å². The third-order valence-electron chi connectivity index (χ3n) is 7.97. The first-order chi connectivity index (χ1) is 17.3. The Kier molecular flexibility index (Phi) is 8.13. The third kappa shape index (κ3) is 5.33. The Labute approximate surface area is 212 Å². The highest BCUT2D eigenvalue weighted by Crippen LogP contribution is 2.37. The summed E-state index contributed by atoms with van der Waals surface area (Å²) in [5.74, 6) is -0.484. The van der Waals surface area contributed by atoms with Crippen LogP contribution in [0.5, 0.6) is 0 Å². The summed E-state index contributed by atoms with van der Waals surface area (Å²) in [5.41, 5.74) is 1.22. The molecule has 2 heterocycles.